The van der Waals surface area contributed by atoms with Crippen molar-refractivity contribution in [3.63, 3.8) is 0 Å². The Hall–Kier alpha value is -2.83. The lowest BCUT2D eigenvalue weighted by Gasteiger charge is -2.05. The highest BCUT2D eigenvalue weighted by molar-refractivity contribution is 5.51. The Morgan fingerprint density at radius 1 is 1.10 bits per heavy atom. The summed E-state index contributed by atoms with van der Waals surface area (Å²) in [6.45, 7) is 0.571. The molecule has 100 valence electrons. The molecule has 7 heteroatoms. The van der Waals surface area contributed by atoms with Crippen molar-refractivity contribution in [3.8, 4) is 17.1 Å². The number of aromatic nitrogens is 6. The standard InChI is InChI=1S/C13H12N6O/c1-20-12-4-2-10(3-5-12)8-19-13(16-17-18-19)11-6-14-9-15-7-11/h2-7,9H,8H2,1H3. The van der Waals surface area contributed by atoms with Crippen molar-refractivity contribution in [1.82, 2.24) is 30.2 Å². The van der Waals surface area contributed by atoms with E-state index in [2.05, 4.69) is 25.5 Å². The first-order valence-electron chi connectivity index (χ1n) is 6.01. The summed E-state index contributed by atoms with van der Waals surface area (Å²) in [4.78, 5) is 7.95. The minimum atomic E-state index is 0.571. The second-order valence-electron chi connectivity index (χ2n) is 4.14. The highest BCUT2D eigenvalue weighted by atomic mass is 16.5. The first kappa shape index (κ1) is 12.2. The van der Waals surface area contributed by atoms with E-state index in [9.17, 15) is 0 Å². The summed E-state index contributed by atoms with van der Waals surface area (Å²) < 4.78 is 6.84. The number of nitrogens with zero attached hydrogens (tertiary/aromatic N) is 6. The van der Waals surface area contributed by atoms with Crippen LogP contribution in [0.15, 0.2) is 43.0 Å². The zero-order valence-electron chi connectivity index (χ0n) is 10.8. The van der Waals surface area contributed by atoms with Crippen LogP contribution in [0.4, 0.5) is 0 Å². The Balaban J connectivity index is 1.86. The number of methoxy groups -OCH3 is 1. The lowest BCUT2D eigenvalue weighted by Crippen LogP contribution is -2.04. The summed E-state index contributed by atoms with van der Waals surface area (Å²) >= 11 is 0. The molecule has 0 fully saturated rings. The molecule has 3 aromatic rings. The van der Waals surface area contributed by atoms with Gasteiger partial charge in [-0.1, -0.05) is 12.1 Å². The molecule has 3 rings (SSSR count). The summed E-state index contributed by atoms with van der Waals surface area (Å²) in [5, 5.41) is 11.7. The molecule has 0 spiro atoms. The molecule has 0 saturated carbocycles. The molecule has 2 aromatic heterocycles. The summed E-state index contributed by atoms with van der Waals surface area (Å²) in [5.41, 5.74) is 1.86. The molecule has 0 bridgehead atoms. The van der Waals surface area contributed by atoms with Crippen molar-refractivity contribution in [2.75, 3.05) is 7.11 Å². The SMILES string of the molecule is COc1ccc(Cn2nnnc2-c2cncnc2)cc1. The van der Waals surface area contributed by atoms with Crippen molar-refractivity contribution >= 4 is 0 Å². The summed E-state index contributed by atoms with van der Waals surface area (Å²) in [6, 6.07) is 7.77. The Labute approximate surface area is 115 Å². The van der Waals surface area contributed by atoms with Gasteiger partial charge in [-0.05, 0) is 28.1 Å². The highest BCUT2D eigenvalue weighted by Crippen LogP contribution is 2.16. The fraction of sp³-hybridized carbons (Fsp3) is 0.154. The van der Waals surface area contributed by atoms with Crippen LogP contribution >= 0.6 is 0 Å². The van der Waals surface area contributed by atoms with E-state index in [1.807, 2.05) is 24.3 Å². The van der Waals surface area contributed by atoms with E-state index in [-0.39, 0.29) is 0 Å². The van der Waals surface area contributed by atoms with Crippen LogP contribution in [0.1, 0.15) is 5.56 Å². The van der Waals surface area contributed by atoms with Crippen LogP contribution in [0.3, 0.4) is 0 Å². The molecule has 20 heavy (non-hydrogen) atoms. The van der Waals surface area contributed by atoms with Gasteiger partial charge in [-0.25, -0.2) is 14.6 Å². The third-order valence-corrected chi connectivity index (χ3v) is 2.84. The van der Waals surface area contributed by atoms with E-state index in [4.69, 9.17) is 4.74 Å². The maximum atomic E-state index is 5.13. The van der Waals surface area contributed by atoms with Gasteiger partial charge in [0.2, 0.25) is 0 Å². The van der Waals surface area contributed by atoms with Crippen LogP contribution in [0, 0.1) is 0 Å². The summed E-state index contributed by atoms with van der Waals surface area (Å²) in [7, 11) is 1.64. The minimum Gasteiger partial charge on any atom is -0.497 e. The molecule has 0 amide bonds. The van der Waals surface area contributed by atoms with Gasteiger partial charge < -0.3 is 4.74 Å². The van der Waals surface area contributed by atoms with Crippen molar-refractivity contribution < 1.29 is 4.74 Å². The molecule has 0 N–H and O–H groups in total. The predicted octanol–water partition coefficient (Wildman–Crippen LogP) is 1.19. The van der Waals surface area contributed by atoms with Crippen LogP contribution in [0.5, 0.6) is 5.75 Å². The van der Waals surface area contributed by atoms with Crippen molar-refractivity contribution in [2.45, 2.75) is 6.54 Å². The van der Waals surface area contributed by atoms with E-state index in [1.54, 1.807) is 24.2 Å². The number of hydrogen-bond donors (Lipinski definition) is 0. The molecule has 0 radical (unpaired) electrons. The van der Waals surface area contributed by atoms with Gasteiger partial charge in [-0.15, -0.1) is 5.10 Å². The zero-order valence-corrected chi connectivity index (χ0v) is 10.8. The van der Waals surface area contributed by atoms with Crippen molar-refractivity contribution in [3.05, 3.63) is 48.5 Å². The minimum absolute atomic E-state index is 0.571. The van der Waals surface area contributed by atoms with Crippen LogP contribution in [0.2, 0.25) is 0 Å². The average molecular weight is 268 g/mol. The molecular weight excluding hydrogens is 256 g/mol. The first-order valence-corrected chi connectivity index (χ1v) is 6.01. The highest BCUT2D eigenvalue weighted by Gasteiger charge is 2.09. The molecule has 0 unspecified atom stereocenters. The fourth-order valence-electron chi connectivity index (χ4n) is 1.84. The van der Waals surface area contributed by atoms with E-state index < -0.39 is 0 Å². The van der Waals surface area contributed by atoms with Gasteiger partial charge in [0.05, 0.1) is 19.2 Å². The van der Waals surface area contributed by atoms with Gasteiger partial charge in [-0.3, -0.25) is 0 Å². The fourth-order valence-corrected chi connectivity index (χ4v) is 1.84. The number of hydrogen-bond acceptors (Lipinski definition) is 6. The first-order chi connectivity index (χ1) is 9.86. The quantitative estimate of drug-likeness (QED) is 0.707. The Morgan fingerprint density at radius 3 is 2.55 bits per heavy atom. The van der Waals surface area contributed by atoms with Crippen LogP contribution < -0.4 is 4.74 Å². The summed E-state index contributed by atoms with van der Waals surface area (Å²) in [6.07, 6.45) is 4.84. The van der Waals surface area contributed by atoms with Gasteiger partial charge >= 0.3 is 0 Å². The predicted molar refractivity (Wildman–Crippen MR) is 70.9 cm³/mol. The van der Waals surface area contributed by atoms with Crippen LogP contribution in [-0.4, -0.2) is 37.3 Å². The van der Waals surface area contributed by atoms with Gasteiger partial charge in [-0.2, -0.15) is 0 Å². The van der Waals surface area contributed by atoms with Gasteiger partial charge in [0.15, 0.2) is 5.82 Å². The zero-order chi connectivity index (χ0) is 13.8. The smallest absolute Gasteiger partial charge is 0.185 e. The van der Waals surface area contributed by atoms with Gasteiger partial charge in [0.1, 0.15) is 12.1 Å². The molecule has 2 heterocycles. The van der Waals surface area contributed by atoms with Crippen molar-refractivity contribution in [2.24, 2.45) is 0 Å². The topological polar surface area (TPSA) is 78.6 Å². The average Bonchev–Trinajstić information content (AvgIpc) is 2.97. The maximum Gasteiger partial charge on any atom is 0.185 e. The number of ether oxygens (including phenoxy) is 1. The number of benzene rings is 1. The lowest BCUT2D eigenvalue weighted by atomic mass is 10.2. The molecule has 0 saturated heterocycles. The molecule has 0 aliphatic heterocycles. The monoisotopic (exact) mass is 268 g/mol. The van der Waals surface area contributed by atoms with E-state index in [0.717, 1.165) is 16.9 Å². The Kier molecular flexibility index (Phi) is 3.32. The van der Waals surface area contributed by atoms with E-state index in [0.29, 0.717) is 12.4 Å². The molecule has 7 nitrogen and oxygen atoms in total. The largest absolute Gasteiger partial charge is 0.497 e. The Bertz CT molecular complexity index is 680. The molecular formula is C13H12N6O. The molecule has 0 aliphatic carbocycles. The van der Waals surface area contributed by atoms with E-state index >= 15 is 0 Å². The van der Waals surface area contributed by atoms with Gasteiger partial charge in [0, 0.05) is 12.4 Å². The van der Waals surface area contributed by atoms with E-state index in [1.165, 1.54) is 6.33 Å². The Morgan fingerprint density at radius 2 is 1.85 bits per heavy atom. The second kappa shape index (κ2) is 5.43. The number of tetrazole rings is 1. The molecule has 0 aliphatic rings. The normalized spacial score (nSPS) is 10.4. The van der Waals surface area contributed by atoms with Crippen LogP contribution in [0.25, 0.3) is 11.4 Å². The molecule has 1 aromatic carbocycles. The maximum absolute atomic E-state index is 5.13. The van der Waals surface area contributed by atoms with Gasteiger partial charge in [0.25, 0.3) is 0 Å². The third kappa shape index (κ3) is 2.46. The lowest BCUT2D eigenvalue weighted by molar-refractivity contribution is 0.414. The molecule has 0 atom stereocenters. The summed E-state index contributed by atoms with van der Waals surface area (Å²) in [5.74, 6) is 1.46. The van der Waals surface area contributed by atoms with Crippen LogP contribution in [-0.2, 0) is 6.54 Å². The second-order valence-corrected chi connectivity index (χ2v) is 4.14. The van der Waals surface area contributed by atoms with Crippen molar-refractivity contribution in [1.29, 1.82) is 0 Å². The third-order valence-electron chi connectivity index (χ3n) is 2.84. The number of rotatable bonds is 4.